The summed E-state index contributed by atoms with van der Waals surface area (Å²) in [6, 6.07) is 7.29. The molecule has 0 aliphatic heterocycles. The Morgan fingerprint density at radius 2 is 2.20 bits per heavy atom. The Labute approximate surface area is 98.1 Å². The highest BCUT2D eigenvalue weighted by molar-refractivity contribution is 6.52. The van der Waals surface area contributed by atoms with Crippen LogP contribution >= 0.6 is 23.2 Å². The summed E-state index contributed by atoms with van der Waals surface area (Å²) in [6.07, 6.45) is 0.473. The number of benzene rings is 1. The molecule has 0 heterocycles. The molecule has 80 valence electrons. The number of ether oxygens (including phenoxy) is 1. The second-order valence-electron chi connectivity index (χ2n) is 3.76. The topological polar surface area (TPSA) is 26.3 Å². The Kier molecular flexibility index (Phi) is 2.65. The molecule has 1 aromatic rings. The van der Waals surface area contributed by atoms with Gasteiger partial charge in [0.2, 0.25) is 0 Å². The molecule has 1 saturated carbocycles. The van der Waals surface area contributed by atoms with Crippen molar-refractivity contribution in [1.29, 1.82) is 0 Å². The van der Waals surface area contributed by atoms with Gasteiger partial charge < -0.3 is 4.74 Å². The molecule has 0 saturated heterocycles. The van der Waals surface area contributed by atoms with Crippen LogP contribution in [0.3, 0.4) is 0 Å². The van der Waals surface area contributed by atoms with Crippen LogP contribution in [0.25, 0.3) is 0 Å². The number of hydrogen-bond acceptors (Lipinski definition) is 2. The van der Waals surface area contributed by atoms with Gasteiger partial charge in [0.15, 0.2) is 0 Å². The fourth-order valence-electron chi connectivity index (χ4n) is 1.34. The third-order valence-electron chi connectivity index (χ3n) is 2.32. The molecule has 0 bridgehead atoms. The standard InChI is InChI=1S/C11H10Cl2O2/c1-7-3-2-4-8(5-7)15-10(14)9-6-11(9,12)13/h2-5,9H,6H2,1H3. The van der Waals surface area contributed by atoms with Gasteiger partial charge in [-0.3, -0.25) is 4.79 Å². The Morgan fingerprint density at radius 1 is 1.53 bits per heavy atom. The number of halogens is 2. The minimum Gasteiger partial charge on any atom is -0.426 e. The van der Waals surface area contributed by atoms with Crippen molar-refractivity contribution in [3.63, 3.8) is 0 Å². The number of aryl methyl sites for hydroxylation is 1. The molecule has 1 aromatic carbocycles. The van der Waals surface area contributed by atoms with Crippen LogP contribution in [0.4, 0.5) is 0 Å². The van der Waals surface area contributed by atoms with Crippen molar-refractivity contribution in [2.45, 2.75) is 17.7 Å². The van der Waals surface area contributed by atoms with Crippen molar-refractivity contribution in [3.05, 3.63) is 29.8 Å². The van der Waals surface area contributed by atoms with Gasteiger partial charge in [0.1, 0.15) is 10.1 Å². The molecule has 15 heavy (non-hydrogen) atoms. The molecule has 1 atom stereocenters. The zero-order valence-corrected chi connectivity index (χ0v) is 9.68. The van der Waals surface area contributed by atoms with Crippen molar-refractivity contribution in [1.82, 2.24) is 0 Å². The van der Waals surface area contributed by atoms with E-state index in [9.17, 15) is 4.79 Å². The first-order chi connectivity index (χ1) is 6.99. The number of carbonyl (C=O) groups is 1. The highest BCUT2D eigenvalue weighted by Crippen LogP contribution is 2.53. The second kappa shape index (κ2) is 3.69. The fraction of sp³-hybridized carbons (Fsp3) is 0.364. The lowest BCUT2D eigenvalue weighted by Gasteiger charge is -2.04. The van der Waals surface area contributed by atoms with E-state index in [2.05, 4.69) is 0 Å². The fourth-order valence-corrected chi connectivity index (χ4v) is 1.82. The van der Waals surface area contributed by atoms with E-state index in [1.807, 2.05) is 19.1 Å². The van der Waals surface area contributed by atoms with Crippen molar-refractivity contribution in [3.8, 4) is 5.75 Å². The minimum absolute atomic E-state index is 0.356. The van der Waals surface area contributed by atoms with Gasteiger partial charge in [-0.2, -0.15) is 0 Å². The van der Waals surface area contributed by atoms with E-state index in [1.54, 1.807) is 12.1 Å². The summed E-state index contributed by atoms with van der Waals surface area (Å²) in [6.45, 7) is 1.93. The van der Waals surface area contributed by atoms with Gasteiger partial charge in [-0.1, -0.05) is 12.1 Å². The molecule has 2 rings (SSSR count). The molecular weight excluding hydrogens is 235 g/mol. The molecule has 2 nitrogen and oxygen atoms in total. The Morgan fingerprint density at radius 3 is 2.73 bits per heavy atom. The first-order valence-electron chi connectivity index (χ1n) is 4.65. The van der Waals surface area contributed by atoms with Crippen LogP contribution in [-0.4, -0.2) is 10.3 Å². The Hall–Kier alpha value is -0.730. The molecule has 1 aliphatic rings. The summed E-state index contributed by atoms with van der Waals surface area (Å²) in [5.74, 6) is -0.206. The van der Waals surface area contributed by atoms with E-state index in [0.29, 0.717) is 12.2 Å². The average molecular weight is 245 g/mol. The van der Waals surface area contributed by atoms with Gasteiger partial charge in [-0.15, -0.1) is 23.2 Å². The Bertz CT molecular complexity index is 401. The van der Waals surface area contributed by atoms with Crippen LogP contribution in [-0.2, 0) is 4.79 Å². The maximum atomic E-state index is 11.5. The summed E-state index contributed by atoms with van der Waals surface area (Å²) in [4.78, 5) is 11.5. The highest BCUT2D eigenvalue weighted by atomic mass is 35.5. The minimum atomic E-state index is -0.916. The molecule has 1 aliphatic carbocycles. The predicted octanol–water partition coefficient (Wildman–Crippen LogP) is 3.09. The lowest BCUT2D eigenvalue weighted by Crippen LogP contribution is -2.13. The highest BCUT2D eigenvalue weighted by Gasteiger charge is 2.57. The van der Waals surface area contributed by atoms with Crippen LogP contribution in [0.2, 0.25) is 0 Å². The maximum absolute atomic E-state index is 11.5. The predicted molar refractivity (Wildman–Crippen MR) is 59.4 cm³/mol. The number of alkyl halides is 2. The summed E-state index contributed by atoms with van der Waals surface area (Å²) in [5.41, 5.74) is 1.04. The zero-order valence-electron chi connectivity index (χ0n) is 8.17. The first kappa shape index (κ1) is 10.8. The largest absolute Gasteiger partial charge is 0.426 e. The third kappa shape index (κ3) is 2.44. The average Bonchev–Trinajstić information content (AvgIpc) is 2.75. The van der Waals surface area contributed by atoms with E-state index in [1.165, 1.54) is 0 Å². The summed E-state index contributed by atoms with van der Waals surface area (Å²) < 4.78 is 4.23. The smallest absolute Gasteiger partial charge is 0.317 e. The summed E-state index contributed by atoms with van der Waals surface area (Å²) in [7, 11) is 0. The zero-order chi connectivity index (χ0) is 11.1. The van der Waals surface area contributed by atoms with Gasteiger partial charge >= 0.3 is 5.97 Å². The van der Waals surface area contributed by atoms with Gasteiger partial charge in [0, 0.05) is 0 Å². The van der Waals surface area contributed by atoms with E-state index in [0.717, 1.165) is 5.56 Å². The van der Waals surface area contributed by atoms with E-state index in [4.69, 9.17) is 27.9 Å². The van der Waals surface area contributed by atoms with Gasteiger partial charge in [-0.05, 0) is 31.0 Å². The van der Waals surface area contributed by atoms with Crippen LogP contribution in [0.5, 0.6) is 5.75 Å². The monoisotopic (exact) mass is 244 g/mol. The van der Waals surface area contributed by atoms with Gasteiger partial charge in [0.05, 0.1) is 5.92 Å². The number of rotatable bonds is 2. The number of esters is 1. The number of hydrogen-bond donors (Lipinski definition) is 0. The first-order valence-corrected chi connectivity index (χ1v) is 5.41. The quantitative estimate of drug-likeness (QED) is 0.454. The van der Waals surface area contributed by atoms with E-state index < -0.39 is 4.33 Å². The van der Waals surface area contributed by atoms with Crippen molar-refractivity contribution < 1.29 is 9.53 Å². The molecule has 0 spiro atoms. The van der Waals surface area contributed by atoms with E-state index in [-0.39, 0.29) is 11.9 Å². The lowest BCUT2D eigenvalue weighted by molar-refractivity contribution is -0.135. The molecule has 0 amide bonds. The van der Waals surface area contributed by atoms with Crippen LogP contribution in [0.1, 0.15) is 12.0 Å². The molecule has 0 aromatic heterocycles. The normalized spacial score (nSPS) is 22.2. The van der Waals surface area contributed by atoms with Crippen LogP contribution < -0.4 is 4.74 Å². The third-order valence-corrected chi connectivity index (χ3v) is 3.15. The Balaban J connectivity index is 2.01. The summed E-state index contributed by atoms with van der Waals surface area (Å²) in [5, 5.41) is 0. The molecule has 1 fully saturated rings. The molecule has 1 unspecified atom stereocenters. The van der Waals surface area contributed by atoms with Crippen LogP contribution in [0, 0.1) is 12.8 Å². The van der Waals surface area contributed by atoms with Crippen molar-refractivity contribution >= 4 is 29.2 Å². The molecule has 4 heteroatoms. The van der Waals surface area contributed by atoms with Gasteiger partial charge in [-0.25, -0.2) is 0 Å². The molecule has 0 radical (unpaired) electrons. The molecular formula is C11H10Cl2O2. The lowest BCUT2D eigenvalue weighted by atomic mass is 10.2. The molecule has 0 N–H and O–H groups in total. The van der Waals surface area contributed by atoms with E-state index >= 15 is 0 Å². The van der Waals surface area contributed by atoms with Crippen molar-refractivity contribution in [2.24, 2.45) is 5.92 Å². The second-order valence-corrected chi connectivity index (χ2v) is 5.30. The summed E-state index contributed by atoms with van der Waals surface area (Å²) >= 11 is 11.5. The SMILES string of the molecule is Cc1cccc(OC(=O)C2CC2(Cl)Cl)c1. The number of carbonyl (C=O) groups excluding carboxylic acids is 1. The maximum Gasteiger partial charge on any atom is 0.317 e. The van der Waals surface area contributed by atoms with Crippen LogP contribution in [0.15, 0.2) is 24.3 Å². The van der Waals surface area contributed by atoms with Crippen molar-refractivity contribution in [2.75, 3.05) is 0 Å². The van der Waals surface area contributed by atoms with Gasteiger partial charge in [0.25, 0.3) is 0 Å².